The zero-order valence-corrected chi connectivity index (χ0v) is 9.07. The molecule has 0 aromatic carbocycles. The SMILES string of the molecule is CCCCCC=COC(=O)CCC(=O)O. The lowest BCUT2D eigenvalue weighted by Crippen LogP contribution is -2.03. The van der Waals surface area contributed by atoms with Crippen LogP contribution in [-0.2, 0) is 14.3 Å². The van der Waals surface area contributed by atoms with Gasteiger partial charge in [0, 0.05) is 0 Å². The summed E-state index contributed by atoms with van der Waals surface area (Å²) in [6.07, 6.45) is 7.18. The second-order valence-corrected chi connectivity index (χ2v) is 3.25. The fourth-order valence-electron chi connectivity index (χ4n) is 0.972. The predicted molar refractivity (Wildman–Crippen MR) is 56.2 cm³/mol. The van der Waals surface area contributed by atoms with Crippen molar-refractivity contribution in [2.24, 2.45) is 0 Å². The molecule has 0 aliphatic carbocycles. The molecule has 86 valence electrons. The van der Waals surface area contributed by atoms with Crippen molar-refractivity contribution in [2.75, 3.05) is 0 Å². The Balaban J connectivity index is 3.40. The molecule has 4 heteroatoms. The average molecular weight is 214 g/mol. The van der Waals surface area contributed by atoms with Gasteiger partial charge in [-0.25, -0.2) is 0 Å². The van der Waals surface area contributed by atoms with Crippen molar-refractivity contribution in [1.29, 1.82) is 0 Å². The predicted octanol–water partition coefficient (Wildman–Crippen LogP) is 2.49. The van der Waals surface area contributed by atoms with Crippen molar-refractivity contribution in [1.82, 2.24) is 0 Å². The first-order valence-electron chi connectivity index (χ1n) is 5.23. The molecule has 0 bridgehead atoms. The van der Waals surface area contributed by atoms with Crippen LogP contribution in [0.1, 0.15) is 45.4 Å². The number of carbonyl (C=O) groups is 2. The van der Waals surface area contributed by atoms with E-state index in [2.05, 4.69) is 11.7 Å². The number of rotatable bonds is 8. The molecule has 0 rings (SSSR count). The Labute approximate surface area is 89.9 Å². The Morgan fingerprint density at radius 2 is 2.00 bits per heavy atom. The van der Waals surface area contributed by atoms with E-state index in [1.807, 2.05) is 0 Å². The minimum Gasteiger partial charge on any atom is -0.481 e. The first kappa shape index (κ1) is 13.7. The molecule has 0 heterocycles. The molecular weight excluding hydrogens is 196 g/mol. The van der Waals surface area contributed by atoms with Gasteiger partial charge in [0.25, 0.3) is 0 Å². The summed E-state index contributed by atoms with van der Waals surface area (Å²) in [6, 6.07) is 0. The number of aliphatic carboxylic acids is 1. The zero-order valence-electron chi connectivity index (χ0n) is 9.07. The molecule has 0 saturated heterocycles. The normalized spacial score (nSPS) is 10.5. The van der Waals surface area contributed by atoms with Crippen molar-refractivity contribution >= 4 is 11.9 Å². The highest BCUT2D eigenvalue weighted by Gasteiger charge is 2.04. The molecular formula is C11H18O4. The van der Waals surface area contributed by atoms with Crippen LogP contribution in [0.25, 0.3) is 0 Å². The molecule has 0 fully saturated rings. The molecule has 0 aliphatic heterocycles. The highest BCUT2D eigenvalue weighted by atomic mass is 16.5. The number of esters is 1. The van der Waals surface area contributed by atoms with E-state index in [0.717, 1.165) is 25.7 Å². The largest absolute Gasteiger partial charge is 0.481 e. The van der Waals surface area contributed by atoms with Crippen LogP contribution >= 0.6 is 0 Å². The molecule has 0 amide bonds. The molecule has 0 aromatic rings. The van der Waals surface area contributed by atoms with Crippen LogP contribution in [0.4, 0.5) is 0 Å². The van der Waals surface area contributed by atoms with Crippen molar-refractivity contribution < 1.29 is 19.4 Å². The van der Waals surface area contributed by atoms with E-state index in [-0.39, 0.29) is 12.8 Å². The quantitative estimate of drug-likeness (QED) is 0.383. The maximum Gasteiger partial charge on any atom is 0.311 e. The van der Waals surface area contributed by atoms with E-state index in [1.165, 1.54) is 6.26 Å². The van der Waals surface area contributed by atoms with Gasteiger partial charge in [0.2, 0.25) is 0 Å². The first-order valence-corrected chi connectivity index (χ1v) is 5.23. The minimum absolute atomic E-state index is 0.0748. The van der Waals surface area contributed by atoms with Gasteiger partial charge in [-0.05, 0) is 18.9 Å². The molecule has 0 aromatic heterocycles. The summed E-state index contributed by atoms with van der Waals surface area (Å²) in [6.45, 7) is 2.12. The van der Waals surface area contributed by atoms with E-state index in [4.69, 9.17) is 5.11 Å². The van der Waals surface area contributed by atoms with Gasteiger partial charge in [0.1, 0.15) is 0 Å². The van der Waals surface area contributed by atoms with Crippen LogP contribution in [0.15, 0.2) is 12.3 Å². The third-order valence-corrected chi connectivity index (χ3v) is 1.81. The number of allylic oxidation sites excluding steroid dienone is 1. The number of unbranched alkanes of at least 4 members (excludes halogenated alkanes) is 3. The van der Waals surface area contributed by atoms with Gasteiger partial charge >= 0.3 is 11.9 Å². The van der Waals surface area contributed by atoms with E-state index in [9.17, 15) is 9.59 Å². The summed E-state index contributed by atoms with van der Waals surface area (Å²) < 4.78 is 4.69. The van der Waals surface area contributed by atoms with E-state index in [0.29, 0.717) is 0 Å². The van der Waals surface area contributed by atoms with Crippen molar-refractivity contribution in [3.8, 4) is 0 Å². The lowest BCUT2D eigenvalue weighted by atomic mass is 10.2. The van der Waals surface area contributed by atoms with Gasteiger partial charge in [-0.1, -0.05) is 19.8 Å². The summed E-state index contributed by atoms with van der Waals surface area (Å²) in [5.41, 5.74) is 0. The highest BCUT2D eigenvalue weighted by molar-refractivity contribution is 5.76. The van der Waals surface area contributed by atoms with Gasteiger partial charge in [-0.3, -0.25) is 9.59 Å². The average Bonchev–Trinajstić information content (AvgIpc) is 2.20. The lowest BCUT2D eigenvalue weighted by Gasteiger charge is -1.96. The lowest BCUT2D eigenvalue weighted by molar-refractivity contribution is -0.144. The minimum atomic E-state index is -0.987. The molecule has 0 spiro atoms. The Kier molecular flexibility index (Phi) is 8.43. The van der Waals surface area contributed by atoms with Crippen LogP contribution in [0, 0.1) is 0 Å². The summed E-state index contributed by atoms with van der Waals surface area (Å²) in [5.74, 6) is -1.48. The van der Waals surface area contributed by atoms with Crippen LogP contribution < -0.4 is 0 Å². The van der Waals surface area contributed by atoms with E-state index in [1.54, 1.807) is 6.08 Å². The van der Waals surface area contributed by atoms with Gasteiger partial charge in [0.15, 0.2) is 0 Å². The molecule has 4 nitrogen and oxygen atoms in total. The molecule has 0 unspecified atom stereocenters. The van der Waals surface area contributed by atoms with E-state index >= 15 is 0 Å². The van der Waals surface area contributed by atoms with Crippen molar-refractivity contribution in [3.63, 3.8) is 0 Å². The third kappa shape index (κ3) is 10.6. The van der Waals surface area contributed by atoms with Crippen molar-refractivity contribution in [3.05, 3.63) is 12.3 Å². The summed E-state index contributed by atoms with van der Waals surface area (Å²) >= 11 is 0. The molecule has 1 N–H and O–H groups in total. The molecule has 15 heavy (non-hydrogen) atoms. The van der Waals surface area contributed by atoms with Crippen LogP contribution in [-0.4, -0.2) is 17.0 Å². The number of carboxylic acids is 1. The van der Waals surface area contributed by atoms with Gasteiger partial charge in [-0.2, -0.15) is 0 Å². The fraction of sp³-hybridized carbons (Fsp3) is 0.636. The molecule has 0 atom stereocenters. The van der Waals surface area contributed by atoms with Gasteiger partial charge in [-0.15, -0.1) is 0 Å². The summed E-state index contributed by atoms with van der Waals surface area (Å²) in [7, 11) is 0. The maximum absolute atomic E-state index is 10.9. The van der Waals surface area contributed by atoms with Crippen LogP contribution in [0.2, 0.25) is 0 Å². The Morgan fingerprint density at radius 1 is 1.27 bits per heavy atom. The Hall–Kier alpha value is -1.32. The monoisotopic (exact) mass is 214 g/mol. The number of hydrogen-bond acceptors (Lipinski definition) is 3. The zero-order chi connectivity index (χ0) is 11.5. The van der Waals surface area contributed by atoms with Crippen LogP contribution in [0.5, 0.6) is 0 Å². The number of hydrogen-bond donors (Lipinski definition) is 1. The summed E-state index contributed by atoms with van der Waals surface area (Å²) in [4.78, 5) is 21.0. The molecule has 0 aliphatic rings. The second-order valence-electron chi connectivity index (χ2n) is 3.25. The highest BCUT2D eigenvalue weighted by Crippen LogP contribution is 2.00. The number of ether oxygens (including phenoxy) is 1. The van der Waals surface area contributed by atoms with Gasteiger partial charge < -0.3 is 9.84 Å². The second kappa shape index (κ2) is 9.24. The van der Waals surface area contributed by atoms with Crippen LogP contribution in [0.3, 0.4) is 0 Å². The fourth-order valence-corrected chi connectivity index (χ4v) is 0.972. The van der Waals surface area contributed by atoms with Gasteiger partial charge in [0.05, 0.1) is 19.1 Å². The Bertz CT molecular complexity index is 221. The number of carboxylic acid groups (broad SMARTS) is 1. The third-order valence-electron chi connectivity index (χ3n) is 1.81. The Morgan fingerprint density at radius 3 is 2.60 bits per heavy atom. The summed E-state index contributed by atoms with van der Waals surface area (Å²) in [5, 5.41) is 8.31. The van der Waals surface area contributed by atoms with Crippen molar-refractivity contribution in [2.45, 2.75) is 45.4 Å². The maximum atomic E-state index is 10.9. The smallest absolute Gasteiger partial charge is 0.311 e. The number of carbonyl (C=O) groups excluding carboxylic acids is 1. The first-order chi connectivity index (χ1) is 7.16. The topological polar surface area (TPSA) is 63.6 Å². The molecule has 0 radical (unpaired) electrons. The standard InChI is InChI=1S/C11H18O4/c1-2-3-4-5-6-9-15-11(14)8-7-10(12)13/h6,9H,2-5,7-8H2,1H3,(H,12,13). The van der Waals surface area contributed by atoms with E-state index < -0.39 is 11.9 Å². The molecule has 0 saturated carbocycles.